The van der Waals surface area contributed by atoms with E-state index in [1.54, 1.807) is 18.5 Å². The number of benzene rings is 1. The van der Waals surface area contributed by atoms with Gasteiger partial charge in [0.25, 0.3) is 0 Å². The third kappa shape index (κ3) is 18.0. The zero-order chi connectivity index (χ0) is 31.5. The lowest BCUT2D eigenvalue weighted by atomic mass is 10.1. The Morgan fingerprint density at radius 2 is 1.09 bits per heavy atom. The van der Waals surface area contributed by atoms with Gasteiger partial charge >= 0.3 is 5.97 Å². The van der Waals surface area contributed by atoms with Crippen molar-refractivity contribution in [2.75, 3.05) is 18.0 Å². The molecule has 0 radical (unpaired) electrons. The van der Waals surface area contributed by atoms with Crippen LogP contribution in [0.15, 0.2) is 48.8 Å². The lowest BCUT2D eigenvalue weighted by Gasteiger charge is -2.25. The van der Waals surface area contributed by atoms with Crippen molar-refractivity contribution >= 4 is 29.9 Å². The Balaban J connectivity index is 1.87. The molecule has 0 saturated carbocycles. The van der Waals surface area contributed by atoms with Crippen LogP contribution in [0.25, 0.3) is 18.2 Å². The van der Waals surface area contributed by atoms with Crippen molar-refractivity contribution in [1.29, 1.82) is 0 Å². The van der Waals surface area contributed by atoms with Crippen LogP contribution in [-0.2, 0) is 4.79 Å². The number of pyridine rings is 1. The van der Waals surface area contributed by atoms with Crippen LogP contribution in [-0.4, -0.2) is 29.1 Å². The minimum Gasteiger partial charge on any atom is -0.478 e. The lowest BCUT2D eigenvalue weighted by Crippen LogP contribution is -2.25. The molecule has 2 aromatic rings. The normalized spacial score (nSPS) is 11.6. The van der Waals surface area contributed by atoms with E-state index in [9.17, 15) is 4.79 Å². The molecule has 1 heterocycles. The Hall–Kier alpha value is -2.88. The summed E-state index contributed by atoms with van der Waals surface area (Å²) in [5.41, 5.74) is 4.20. The zero-order valence-electron chi connectivity index (χ0n) is 28.2. The van der Waals surface area contributed by atoms with Crippen molar-refractivity contribution in [3.63, 3.8) is 0 Å². The molecular formula is C40H62N2O2. The molecule has 0 saturated heterocycles. The number of anilines is 1. The van der Waals surface area contributed by atoms with Gasteiger partial charge in [-0.05, 0) is 48.2 Å². The quantitative estimate of drug-likeness (QED) is 0.0816. The highest BCUT2D eigenvalue weighted by Gasteiger charge is 2.07. The fraction of sp³-hybridized carbons (Fsp3) is 0.600. The Bertz CT molecular complexity index is 1020. The van der Waals surface area contributed by atoms with E-state index in [1.807, 2.05) is 12.1 Å². The average molecular weight is 603 g/mol. The second kappa shape index (κ2) is 25.4. The van der Waals surface area contributed by atoms with Gasteiger partial charge in [0.05, 0.1) is 0 Å². The largest absolute Gasteiger partial charge is 0.478 e. The molecule has 0 aliphatic carbocycles. The van der Waals surface area contributed by atoms with Gasteiger partial charge < -0.3 is 10.0 Å². The molecule has 1 aromatic carbocycles. The molecule has 4 heteroatoms. The van der Waals surface area contributed by atoms with Crippen molar-refractivity contribution in [2.24, 2.45) is 0 Å². The Morgan fingerprint density at radius 3 is 1.57 bits per heavy atom. The summed E-state index contributed by atoms with van der Waals surface area (Å²) in [6.45, 7) is 6.85. The molecule has 0 aliphatic rings. The molecule has 2 rings (SSSR count). The summed E-state index contributed by atoms with van der Waals surface area (Å²) in [5.74, 6) is -0.959. The molecule has 0 fully saturated rings. The predicted molar refractivity (Wildman–Crippen MR) is 192 cm³/mol. The van der Waals surface area contributed by atoms with E-state index in [0.29, 0.717) is 0 Å². The van der Waals surface area contributed by atoms with E-state index < -0.39 is 5.97 Å². The summed E-state index contributed by atoms with van der Waals surface area (Å²) in [5, 5.41) is 8.99. The van der Waals surface area contributed by atoms with Gasteiger partial charge in [-0.3, -0.25) is 4.98 Å². The van der Waals surface area contributed by atoms with E-state index in [2.05, 4.69) is 54.1 Å². The lowest BCUT2D eigenvalue weighted by molar-refractivity contribution is -0.131. The number of aliphatic carboxylic acids is 1. The van der Waals surface area contributed by atoms with Gasteiger partial charge in [0.1, 0.15) is 0 Å². The van der Waals surface area contributed by atoms with Crippen LogP contribution in [0.4, 0.5) is 5.69 Å². The van der Waals surface area contributed by atoms with E-state index in [1.165, 1.54) is 134 Å². The second-order valence-corrected chi connectivity index (χ2v) is 12.5. The van der Waals surface area contributed by atoms with Crippen molar-refractivity contribution < 1.29 is 9.90 Å². The maximum absolute atomic E-state index is 11.0. The first-order valence-corrected chi connectivity index (χ1v) is 18.0. The van der Waals surface area contributed by atoms with Crippen LogP contribution in [0.2, 0.25) is 0 Å². The van der Waals surface area contributed by atoms with Gasteiger partial charge in [-0.2, -0.15) is 0 Å². The fourth-order valence-corrected chi connectivity index (χ4v) is 5.80. The van der Waals surface area contributed by atoms with Crippen molar-refractivity contribution in [1.82, 2.24) is 4.98 Å². The van der Waals surface area contributed by atoms with E-state index in [0.717, 1.165) is 35.9 Å². The second-order valence-electron chi connectivity index (χ2n) is 12.5. The first-order valence-electron chi connectivity index (χ1n) is 18.0. The van der Waals surface area contributed by atoms with Gasteiger partial charge in [-0.1, -0.05) is 154 Å². The monoisotopic (exact) mass is 602 g/mol. The summed E-state index contributed by atoms with van der Waals surface area (Å²) in [6.07, 6.45) is 37.7. The van der Waals surface area contributed by atoms with Crippen LogP contribution in [0, 0.1) is 0 Å². The number of nitrogens with zero attached hydrogens (tertiary/aromatic N) is 2. The number of carboxylic acid groups (broad SMARTS) is 1. The van der Waals surface area contributed by atoms with Crippen molar-refractivity contribution in [3.05, 3.63) is 65.5 Å². The van der Waals surface area contributed by atoms with Crippen LogP contribution in [0.5, 0.6) is 0 Å². The number of hydrogen-bond acceptors (Lipinski definition) is 3. The zero-order valence-corrected chi connectivity index (χ0v) is 28.2. The Kier molecular flexibility index (Phi) is 21.6. The number of carboxylic acids is 1. The highest BCUT2D eigenvalue weighted by molar-refractivity contribution is 5.86. The van der Waals surface area contributed by atoms with Crippen molar-refractivity contribution in [3.8, 4) is 0 Å². The summed E-state index contributed by atoms with van der Waals surface area (Å²) in [7, 11) is 0. The van der Waals surface area contributed by atoms with E-state index >= 15 is 0 Å². The average Bonchev–Trinajstić information content (AvgIpc) is 3.04. The molecule has 0 aliphatic heterocycles. The van der Waals surface area contributed by atoms with Crippen molar-refractivity contribution in [2.45, 2.75) is 142 Å². The molecule has 4 nitrogen and oxygen atoms in total. The van der Waals surface area contributed by atoms with E-state index in [4.69, 9.17) is 5.11 Å². The molecule has 0 atom stereocenters. The van der Waals surface area contributed by atoms with Crippen LogP contribution >= 0.6 is 0 Å². The molecule has 44 heavy (non-hydrogen) atoms. The minimum atomic E-state index is -0.959. The van der Waals surface area contributed by atoms with Gasteiger partial charge in [-0.25, -0.2) is 4.79 Å². The molecule has 0 amide bonds. The number of aromatic nitrogens is 1. The summed E-state index contributed by atoms with van der Waals surface area (Å²) in [4.78, 5) is 17.7. The van der Waals surface area contributed by atoms with Gasteiger partial charge in [0.15, 0.2) is 0 Å². The maximum atomic E-state index is 11.0. The fourth-order valence-electron chi connectivity index (χ4n) is 5.80. The summed E-state index contributed by atoms with van der Waals surface area (Å²) in [6, 6.07) is 10.8. The summed E-state index contributed by atoms with van der Waals surface area (Å²) < 4.78 is 0. The summed E-state index contributed by atoms with van der Waals surface area (Å²) >= 11 is 0. The maximum Gasteiger partial charge on any atom is 0.328 e. The Morgan fingerprint density at radius 1 is 0.614 bits per heavy atom. The topological polar surface area (TPSA) is 53.4 Å². The molecule has 1 N–H and O–H groups in total. The van der Waals surface area contributed by atoms with Gasteiger partial charge in [0.2, 0.25) is 0 Å². The molecule has 1 aromatic heterocycles. The molecule has 0 unspecified atom stereocenters. The van der Waals surface area contributed by atoms with Crippen LogP contribution in [0.1, 0.15) is 159 Å². The number of hydrogen-bond donors (Lipinski definition) is 1. The molecule has 244 valence electrons. The number of carbonyl (C=O) groups is 1. The highest BCUT2D eigenvalue weighted by atomic mass is 16.4. The van der Waals surface area contributed by atoms with Crippen LogP contribution in [0.3, 0.4) is 0 Å². The molecule has 0 bridgehead atoms. The van der Waals surface area contributed by atoms with Gasteiger partial charge in [0, 0.05) is 42.8 Å². The standard InChI is InChI=1S/C40H62N2O2/c1-3-5-7-9-11-13-15-17-19-21-33-42(34-22-20-18-16-14-12-10-8-6-4-2)39-28-24-36(25-29-39)23-26-37-31-32-41-35-38(37)27-30-40(43)44/h23-32,35H,3-22,33-34H2,1-2H3,(H,43,44)/b26-23?,30-27+. The SMILES string of the molecule is CCCCCCCCCCCCN(CCCCCCCCCCCC)c1ccc(C=Cc2ccncc2/C=C/C(=O)O)cc1. The van der Waals surface area contributed by atoms with E-state index in [-0.39, 0.29) is 0 Å². The first kappa shape index (κ1) is 37.3. The van der Waals surface area contributed by atoms with Gasteiger partial charge in [-0.15, -0.1) is 0 Å². The predicted octanol–water partition coefficient (Wildman–Crippen LogP) is 12.0. The number of rotatable bonds is 27. The number of unbranched alkanes of at least 4 members (excludes halogenated alkanes) is 18. The smallest absolute Gasteiger partial charge is 0.328 e. The highest BCUT2D eigenvalue weighted by Crippen LogP contribution is 2.21. The molecule has 0 spiro atoms. The Labute approximate surface area is 270 Å². The third-order valence-electron chi connectivity index (χ3n) is 8.57. The minimum absolute atomic E-state index is 0.793. The van der Waals surface area contributed by atoms with Crippen LogP contribution < -0.4 is 4.90 Å². The third-order valence-corrected chi connectivity index (χ3v) is 8.57. The molecular weight excluding hydrogens is 540 g/mol. The first-order chi connectivity index (χ1) is 21.6.